The van der Waals surface area contributed by atoms with Gasteiger partial charge >= 0.3 is 11.9 Å². The molecule has 4 unspecified atom stereocenters. The number of allylic oxidation sites excluding steroid dienone is 2. The molecule has 158 valence electrons. The largest absolute Gasteiger partial charge is 0.481 e. The van der Waals surface area contributed by atoms with Crippen LogP contribution in [0.2, 0.25) is 0 Å². The molecule has 1 aromatic carbocycles. The number of aliphatic hydroxyl groups is 1. The SMILES string of the molecule is CC(/C=C/C(=O)NC(C(=O)OC(C)C(C)C(=O)O)C(C)c1ccccc1)=C\CO. The van der Waals surface area contributed by atoms with E-state index in [1.807, 2.05) is 30.3 Å². The van der Waals surface area contributed by atoms with Gasteiger partial charge in [0.05, 0.1) is 12.5 Å². The minimum Gasteiger partial charge on any atom is -0.481 e. The monoisotopic (exact) mass is 403 g/mol. The van der Waals surface area contributed by atoms with Crippen LogP contribution in [0.4, 0.5) is 0 Å². The third kappa shape index (κ3) is 7.91. The minimum atomic E-state index is -1.07. The zero-order valence-electron chi connectivity index (χ0n) is 17.2. The van der Waals surface area contributed by atoms with Gasteiger partial charge in [0.15, 0.2) is 0 Å². The predicted molar refractivity (Wildman–Crippen MR) is 109 cm³/mol. The average molecular weight is 403 g/mol. The lowest BCUT2D eigenvalue weighted by molar-refractivity contribution is -0.159. The highest BCUT2D eigenvalue weighted by Gasteiger charge is 2.32. The molecule has 0 fully saturated rings. The van der Waals surface area contributed by atoms with Crippen LogP contribution in [0.1, 0.15) is 39.2 Å². The number of benzene rings is 1. The van der Waals surface area contributed by atoms with Crippen LogP contribution >= 0.6 is 0 Å². The lowest BCUT2D eigenvalue weighted by atomic mass is 9.93. The van der Waals surface area contributed by atoms with Crippen LogP contribution in [0.5, 0.6) is 0 Å². The Morgan fingerprint density at radius 3 is 2.28 bits per heavy atom. The van der Waals surface area contributed by atoms with Crippen molar-refractivity contribution in [2.24, 2.45) is 5.92 Å². The molecular weight excluding hydrogens is 374 g/mol. The number of carboxylic acids is 1. The first-order valence-electron chi connectivity index (χ1n) is 9.41. The number of carbonyl (C=O) groups is 3. The van der Waals surface area contributed by atoms with E-state index < -0.39 is 41.8 Å². The van der Waals surface area contributed by atoms with Gasteiger partial charge in [0, 0.05) is 12.0 Å². The topological polar surface area (TPSA) is 113 Å². The molecule has 0 saturated heterocycles. The second kappa shape index (κ2) is 11.8. The van der Waals surface area contributed by atoms with Gasteiger partial charge in [0.2, 0.25) is 5.91 Å². The van der Waals surface area contributed by atoms with Crippen LogP contribution < -0.4 is 5.32 Å². The lowest BCUT2D eigenvalue weighted by Gasteiger charge is -2.26. The molecule has 3 N–H and O–H groups in total. The molecule has 29 heavy (non-hydrogen) atoms. The fourth-order valence-electron chi connectivity index (χ4n) is 2.52. The summed E-state index contributed by atoms with van der Waals surface area (Å²) in [6.45, 7) is 6.33. The van der Waals surface area contributed by atoms with Crippen LogP contribution in [-0.2, 0) is 19.1 Å². The molecule has 0 radical (unpaired) electrons. The van der Waals surface area contributed by atoms with Gasteiger partial charge in [-0.1, -0.05) is 55.0 Å². The molecule has 0 heterocycles. The van der Waals surface area contributed by atoms with Gasteiger partial charge in [-0.2, -0.15) is 0 Å². The van der Waals surface area contributed by atoms with Crippen molar-refractivity contribution in [1.29, 1.82) is 0 Å². The molecule has 0 aromatic heterocycles. The number of hydrogen-bond acceptors (Lipinski definition) is 5. The zero-order chi connectivity index (χ0) is 22.0. The van der Waals surface area contributed by atoms with Gasteiger partial charge in [-0.05, 0) is 26.3 Å². The molecule has 0 saturated carbocycles. The Hall–Kier alpha value is -2.93. The Bertz CT molecular complexity index is 756. The summed E-state index contributed by atoms with van der Waals surface area (Å²) in [5.74, 6) is -3.56. The summed E-state index contributed by atoms with van der Waals surface area (Å²) in [4.78, 5) is 36.2. The fourth-order valence-corrected chi connectivity index (χ4v) is 2.52. The van der Waals surface area contributed by atoms with Crippen LogP contribution in [-0.4, -0.2) is 46.8 Å². The van der Waals surface area contributed by atoms with Crippen LogP contribution in [0.25, 0.3) is 0 Å². The van der Waals surface area contributed by atoms with Gasteiger partial charge in [0.25, 0.3) is 0 Å². The van der Waals surface area contributed by atoms with Crippen molar-refractivity contribution in [3.05, 3.63) is 59.7 Å². The number of aliphatic hydroxyl groups excluding tert-OH is 1. The summed E-state index contributed by atoms with van der Waals surface area (Å²) in [6, 6.07) is 8.18. The first kappa shape index (κ1) is 24.1. The molecule has 0 aliphatic heterocycles. The van der Waals surface area contributed by atoms with Gasteiger partial charge < -0.3 is 20.3 Å². The maximum Gasteiger partial charge on any atom is 0.329 e. The average Bonchev–Trinajstić information content (AvgIpc) is 2.70. The first-order chi connectivity index (χ1) is 13.7. The first-order valence-corrected chi connectivity index (χ1v) is 9.41. The zero-order valence-corrected chi connectivity index (χ0v) is 17.2. The summed E-state index contributed by atoms with van der Waals surface area (Å²) in [7, 11) is 0. The maximum atomic E-state index is 12.8. The van der Waals surface area contributed by atoms with Crippen molar-refractivity contribution in [3.8, 4) is 0 Å². The van der Waals surface area contributed by atoms with E-state index >= 15 is 0 Å². The van der Waals surface area contributed by atoms with Crippen LogP contribution in [0.15, 0.2) is 54.1 Å². The maximum absolute atomic E-state index is 12.8. The van der Waals surface area contributed by atoms with E-state index in [4.69, 9.17) is 14.9 Å². The number of nitrogens with one attached hydrogen (secondary N) is 1. The number of ether oxygens (including phenoxy) is 1. The molecule has 0 aliphatic rings. The molecule has 1 rings (SSSR count). The van der Waals surface area contributed by atoms with Gasteiger partial charge in [-0.25, -0.2) is 4.79 Å². The number of aliphatic carboxylic acids is 1. The summed E-state index contributed by atoms with van der Waals surface area (Å²) >= 11 is 0. The van der Waals surface area contributed by atoms with E-state index in [9.17, 15) is 14.4 Å². The van der Waals surface area contributed by atoms with Crippen molar-refractivity contribution >= 4 is 17.8 Å². The summed E-state index contributed by atoms with van der Waals surface area (Å²) in [6.07, 6.45) is 3.48. The molecule has 1 aromatic rings. The van der Waals surface area contributed by atoms with Gasteiger partial charge in [0.1, 0.15) is 12.1 Å². The van der Waals surface area contributed by atoms with Gasteiger partial charge in [-0.3, -0.25) is 9.59 Å². The van der Waals surface area contributed by atoms with E-state index in [1.165, 1.54) is 32.1 Å². The Balaban J connectivity index is 3.02. The molecule has 4 atom stereocenters. The highest BCUT2D eigenvalue weighted by Crippen LogP contribution is 2.21. The summed E-state index contributed by atoms with van der Waals surface area (Å²) < 4.78 is 5.34. The number of carboxylic acid groups (broad SMARTS) is 1. The molecule has 0 spiro atoms. The second-order valence-electron chi connectivity index (χ2n) is 6.92. The predicted octanol–water partition coefficient (Wildman–Crippen LogP) is 2.42. The fraction of sp³-hybridized carbons (Fsp3) is 0.409. The quantitative estimate of drug-likeness (QED) is 0.314. The lowest BCUT2D eigenvalue weighted by Crippen LogP contribution is -2.46. The van der Waals surface area contributed by atoms with Crippen molar-refractivity contribution in [2.45, 2.75) is 45.8 Å². The number of carbonyl (C=O) groups excluding carboxylic acids is 2. The van der Waals surface area contributed by atoms with Crippen LogP contribution in [0.3, 0.4) is 0 Å². The summed E-state index contributed by atoms with van der Waals surface area (Å²) in [5, 5.41) is 20.6. The van der Waals surface area contributed by atoms with Gasteiger partial charge in [-0.15, -0.1) is 0 Å². The standard InChI is InChI=1S/C22H29NO6/c1-14(12-13-24)10-11-19(25)23-20(16(3)18-8-6-5-7-9-18)22(28)29-17(4)15(2)21(26)27/h5-12,15-17,20,24H,13H2,1-4H3,(H,23,25)(H,26,27)/b11-10+,14-12+. The molecule has 0 bridgehead atoms. The second-order valence-corrected chi connectivity index (χ2v) is 6.92. The number of rotatable bonds is 10. The molecule has 0 aliphatic carbocycles. The normalized spacial score (nSPS) is 16.0. The molecular formula is C22H29NO6. The summed E-state index contributed by atoms with van der Waals surface area (Å²) in [5.41, 5.74) is 1.52. The third-order valence-corrected chi connectivity index (χ3v) is 4.68. The van der Waals surface area contributed by atoms with Crippen LogP contribution in [0, 0.1) is 5.92 Å². The molecule has 7 nitrogen and oxygen atoms in total. The smallest absolute Gasteiger partial charge is 0.329 e. The Morgan fingerprint density at radius 2 is 1.72 bits per heavy atom. The Morgan fingerprint density at radius 1 is 1.10 bits per heavy atom. The molecule has 7 heteroatoms. The van der Waals surface area contributed by atoms with Crippen molar-refractivity contribution in [2.75, 3.05) is 6.61 Å². The Labute approximate surface area is 171 Å². The van der Waals surface area contributed by atoms with E-state index in [2.05, 4.69) is 5.32 Å². The highest BCUT2D eigenvalue weighted by atomic mass is 16.5. The van der Waals surface area contributed by atoms with Crippen molar-refractivity contribution < 1.29 is 29.3 Å². The number of amides is 1. The van der Waals surface area contributed by atoms with E-state index in [0.717, 1.165) is 5.56 Å². The highest BCUT2D eigenvalue weighted by molar-refractivity contribution is 5.92. The van der Waals surface area contributed by atoms with E-state index in [1.54, 1.807) is 13.8 Å². The Kier molecular flexibility index (Phi) is 9.82. The van der Waals surface area contributed by atoms with Crippen molar-refractivity contribution in [3.63, 3.8) is 0 Å². The van der Waals surface area contributed by atoms with E-state index in [0.29, 0.717) is 5.57 Å². The molecule has 1 amide bonds. The number of esters is 1. The number of hydrogen-bond donors (Lipinski definition) is 3. The third-order valence-electron chi connectivity index (χ3n) is 4.68. The van der Waals surface area contributed by atoms with Crippen molar-refractivity contribution in [1.82, 2.24) is 5.32 Å². The van der Waals surface area contributed by atoms with E-state index in [-0.39, 0.29) is 6.61 Å². The minimum absolute atomic E-state index is 0.141.